The van der Waals surface area contributed by atoms with Gasteiger partial charge in [-0.3, -0.25) is 0 Å². The molecule has 21 heavy (non-hydrogen) atoms. The van der Waals surface area contributed by atoms with Gasteiger partial charge >= 0.3 is 0 Å². The van der Waals surface area contributed by atoms with E-state index in [1.54, 1.807) is 13.1 Å². The Labute approximate surface area is 135 Å². The maximum Gasteiger partial charge on any atom is 0.177 e. The summed E-state index contributed by atoms with van der Waals surface area (Å²) in [5, 5.41) is 0. The van der Waals surface area contributed by atoms with Gasteiger partial charge in [-0.15, -0.1) is 0 Å². The van der Waals surface area contributed by atoms with Crippen LogP contribution in [0.4, 0.5) is 5.69 Å². The Morgan fingerprint density at radius 1 is 1.14 bits per heavy atom. The van der Waals surface area contributed by atoms with Crippen LogP contribution in [-0.2, 0) is 19.7 Å². The van der Waals surface area contributed by atoms with E-state index in [4.69, 9.17) is 0 Å². The van der Waals surface area contributed by atoms with Gasteiger partial charge in [0.05, 0.1) is 15.5 Å². The molecule has 1 aromatic rings. The predicted molar refractivity (Wildman–Crippen MR) is 88.9 cm³/mol. The van der Waals surface area contributed by atoms with Gasteiger partial charge in [0.15, 0.2) is 19.7 Å². The molecular weight excluding hydrogens is 378 g/mol. The van der Waals surface area contributed by atoms with Crippen molar-refractivity contribution in [3.63, 3.8) is 0 Å². The third kappa shape index (κ3) is 5.27. The van der Waals surface area contributed by atoms with E-state index in [2.05, 4.69) is 15.9 Å². The van der Waals surface area contributed by atoms with Gasteiger partial charge in [-0.25, -0.2) is 16.8 Å². The lowest BCUT2D eigenvalue weighted by molar-refractivity contribution is 0.600. The third-order valence-corrected chi connectivity index (χ3v) is 5.73. The number of rotatable bonds is 6. The van der Waals surface area contributed by atoms with Crippen LogP contribution in [0.5, 0.6) is 0 Å². The minimum Gasteiger partial charge on any atom is -0.374 e. The molecule has 0 N–H and O–H groups in total. The molecule has 1 atom stereocenters. The minimum absolute atomic E-state index is 0.00827. The average molecular weight is 398 g/mol. The maximum absolute atomic E-state index is 11.9. The van der Waals surface area contributed by atoms with Crippen molar-refractivity contribution in [1.82, 2.24) is 0 Å². The predicted octanol–water partition coefficient (Wildman–Crippen LogP) is 2.10. The molecular formula is C13H20BrNO4S2. The van der Waals surface area contributed by atoms with Crippen molar-refractivity contribution < 1.29 is 16.8 Å². The molecule has 120 valence electrons. The van der Waals surface area contributed by atoms with Crippen molar-refractivity contribution >= 4 is 41.3 Å². The zero-order valence-electron chi connectivity index (χ0n) is 12.5. The van der Waals surface area contributed by atoms with Gasteiger partial charge < -0.3 is 4.90 Å². The van der Waals surface area contributed by atoms with Crippen LogP contribution in [0.15, 0.2) is 28.0 Å². The Balaban J connectivity index is 3.33. The second-order valence-corrected chi connectivity index (χ2v) is 10.7. The van der Waals surface area contributed by atoms with Gasteiger partial charge in [-0.05, 0) is 24.6 Å². The lowest BCUT2D eigenvalue weighted by Gasteiger charge is -2.23. The molecule has 1 aromatic carbocycles. The standard InChI is InChI=1S/C13H20BrNO4S2/c1-10(14)7-8-15(2)12-6-5-11(20(3,16)17)9-13(12)21(4,18)19/h5-6,9-10H,7-8H2,1-4H3. The van der Waals surface area contributed by atoms with Crippen LogP contribution in [0, 0.1) is 0 Å². The molecule has 0 spiro atoms. The molecule has 1 rings (SSSR count). The quantitative estimate of drug-likeness (QED) is 0.687. The third-order valence-electron chi connectivity index (χ3n) is 3.03. The van der Waals surface area contributed by atoms with E-state index in [0.29, 0.717) is 17.1 Å². The zero-order chi connectivity index (χ0) is 16.4. The van der Waals surface area contributed by atoms with Gasteiger partial charge in [0.1, 0.15) is 0 Å². The van der Waals surface area contributed by atoms with E-state index in [9.17, 15) is 16.8 Å². The van der Waals surface area contributed by atoms with Crippen LogP contribution in [0.2, 0.25) is 0 Å². The first kappa shape index (κ1) is 18.4. The maximum atomic E-state index is 11.9. The van der Waals surface area contributed by atoms with Gasteiger partial charge in [0, 0.05) is 30.9 Å². The minimum atomic E-state index is -3.52. The molecule has 0 amide bonds. The first-order valence-electron chi connectivity index (χ1n) is 6.32. The van der Waals surface area contributed by atoms with Gasteiger partial charge in [-0.1, -0.05) is 22.9 Å². The highest BCUT2D eigenvalue weighted by atomic mass is 79.9. The number of nitrogens with zero attached hydrogens (tertiary/aromatic N) is 1. The van der Waals surface area contributed by atoms with E-state index < -0.39 is 19.7 Å². The van der Waals surface area contributed by atoms with Crippen LogP contribution < -0.4 is 4.90 Å². The molecule has 0 aliphatic carbocycles. The molecule has 0 saturated carbocycles. The summed E-state index contributed by atoms with van der Waals surface area (Å²) in [6.45, 7) is 2.67. The molecule has 0 heterocycles. The van der Waals surface area contributed by atoms with Crippen LogP contribution in [0.3, 0.4) is 0 Å². The highest BCUT2D eigenvalue weighted by Crippen LogP contribution is 2.28. The number of anilines is 1. The summed E-state index contributed by atoms with van der Waals surface area (Å²) in [4.78, 5) is 2.18. The summed E-state index contributed by atoms with van der Waals surface area (Å²) in [6.07, 6.45) is 2.98. The van der Waals surface area contributed by atoms with Crippen molar-refractivity contribution in [2.45, 2.75) is 28.0 Å². The number of hydrogen-bond donors (Lipinski definition) is 0. The molecule has 0 aliphatic rings. The fourth-order valence-corrected chi connectivity index (χ4v) is 3.70. The summed E-state index contributed by atoms with van der Waals surface area (Å²) < 4.78 is 47.1. The molecule has 0 aliphatic heterocycles. The second kappa shape index (κ2) is 6.66. The fourth-order valence-electron chi connectivity index (χ4n) is 1.83. The summed E-state index contributed by atoms with van der Waals surface area (Å²) in [5.41, 5.74) is 0.512. The first-order chi connectivity index (χ1) is 9.43. The van der Waals surface area contributed by atoms with Crippen LogP contribution in [0.1, 0.15) is 13.3 Å². The number of benzene rings is 1. The average Bonchev–Trinajstić information content (AvgIpc) is 2.33. The number of halogens is 1. The Morgan fingerprint density at radius 2 is 1.71 bits per heavy atom. The van der Waals surface area contributed by atoms with Crippen LogP contribution in [0.25, 0.3) is 0 Å². The van der Waals surface area contributed by atoms with Crippen molar-refractivity contribution in [2.75, 3.05) is 31.0 Å². The van der Waals surface area contributed by atoms with Crippen molar-refractivity contribution in [3.8, 4) is 0 Å². The Kier molecular flexibility index (Phi) is 5.85. The second-order valence-electron chi connectivity index (χ2n) is 5.16. The molecule has 0 radical (unpaired) electrons. The molecule has 0 aromatic heterocycles. The summed E-state index contributed by atoms with van der Waals surface area (Å²) in [7, 11) is -5.17. The largest absolute Gasteiger partial charge is 0.374 e. The number of hydrogen-bond acceptors (Lipinski definition) is 5. The smallest absolute Gasteiger partial charge is 0.177 e. The van der Waals surface area contributed by atoms with Crippen molar-refractivity contribution in [2.24, 2.45) is 0 Å². The lowest BCUT2D eigenvalue weighted by Crippen LogP contribution is -2.22. The molecule has 8 heteroatoms. The molecule has 0 saturated heterocycles. The van der Waals surface area contributed by atoms with Crippen LogP contribution >= 0.6 is 15.9 Å². The van der Waals surface area contributed by atoms with E-state index in [0.717, 1.165) is 18.9 Å². The molecule has 0 fully saturated rings. The molecule has 0 bridgehead atoms. The van der Waals surface area contributed by atoms with E-state index in [1.165, 1.54) is 12.1 Å². The van der Waals surface area contributed by atoms with E-state index >= 15 is 0 Å². The highest BCUT2D eigenvalue weighted by Gasteiger charge is 2.20. The highest BCUT2D eigenvalue weighted by molar-refractivity contribution is 9.09. The van der Waals surface area contributed by atoms with Crippen molar-refractivity contribution in [3.05, 3.63) is 18.2 Å². The summed E-state index contributed by atoms with van der Waals surface area (Å²) >= 11 is 3.45. The summed E-state index contributed by atoms with van der Waals surface area (Å²) in [5.74, 6) is 0. The van der Waals surface area contributed by atoms with Crippen LogP contribution in [-0.4, -0.2) is 47.8 Å². The van der Waals surface area contributed by atoms with E-state index in [-0.39, 0.29) is 9.79 Å². The molecule has 5 nitrogen and oxygen atoms in total. The van der Waals surface area contributed by atoms with Gasteiger partial charge in [-0.2, -0.15) is 0 Å². The summed E-state index contributed by atoms with van der Waals surface area (Å²) in [6, 6.07) is 4.22. The Bertz CT molecular complexity index is 712. The number of sulfone groups is 2. The topological polar surface area (TPSA) is 71.5 Å². The fraction of sp³-hybridized carbons (Fsp3) is 0.538. The van der Waals surface area contributed by atoms with Crippen molar-refractivity contribution in [1.29, 1.82) is 0 Å². The Morgan fingerprint density at radius 3 is 2.14 bits per heavy atom. The van der Waals surface area contributed by atoms with E-state index in [1.807, 2.05) is 11.8 Å². The molecule has 1 unspecified atom stereocenters. The Hall–Kier alpha value is -0.600. The zero-order valence-corrected chi connectivity index (χ0v) is 15.7. The number of alkyl halides is 1. The van der Waals surface area contributed by atoms with Gasteiger partial charge in [0.25, 0.3) is 0 Å². The van der Waals surface area contributed by atoms with Gasteiger partial charge in [0.2, 0.25) is 0 Å². The lowest BCUT2D eigenvalue weighted by atomic mass is 10.2. The monoisotopic (exact) mass is 397 g/mol. The normalized spacial score (nSPS) is 14.0. The first-order valence-corrected chi connectivity index (χ1v) is 11.0. The SMILES string of the molecule is CC(Br)CCN(C)c1ccc(S(C)(=O)=O)cc1S(C)(=O)=O.